The summed E-state index contributed by atoms with van der Waals surface area (Å²) in [6.07, 6.45) is 0. The summed E-state index contributed by atoms with van der Waals surface area (Å²) in [6, 6.07) is 0. The summed E-state index contributed by atoms with van der Waals surface area (Å²) in [7, 11) is -20.1. The van der Waals surface area contributed by atoms with E-state index in [0.717, 1.165) is 0 Å². The third kappa shape index (κ3) is 146. The van der Waals surface area contributed by atoms with Crippen molar-refractivity contribution in [1.29, 1.82) is 0 Å². The SMILES string of the molecule is CC(C)(C)O[Si](C)(C)C.CC(C)(C)O[Si](C)(C)C.CC(C)(C)O[Si](C)(C)C.CC(C)(C)O[Si](C)(C)C.CC(C)(C)O[Si](C)(C)O.CC(C)(C)O[Si](C)(C)OC(C)(C)C.CC(C)(C)O[Si](C)(C)OC(C)(C)C.CC(C)(C)O[Si](C)(OC(C)(C)C)OC(C)(C)C.CC(C)(C)O[Si](C)(OC(C)(C)C)OC(C)(C)C.CC(C)(C)O[Si](OC(C)(C)C)(OC(C)(C)C)OC(C)(C)C. The van der Waals surface area contributed by atoms with E-state index in [1.54, 1.807) is 13.1 Å². The molecule has 0 aliphatic carbocycles. The fourth-order valence-electron chi connectivity index (χ4n) is 12.5. The Morgan fingerprint density at radius 2 is 0.206 bits per heavy atom. The molecular formula is C96H232O20Si10. The molecule has 30 heteroatoms. The lowest BCUT2D eigenvalue weighted by atomic mass is 10.2. The zero-order valence-electron chi connectivity index (χ0n) is 99.7. The molecule has 0 saturated heterocycles. The van der Waals surface area contributed by atoms with Crippen LogP contribution in [0.4, 0.5) is 0 Å². The zero-order valence-corrected chi connectivity index (χ0v) is 110. The van der Waals surface area contributed by atoms with Gasteiger partial charge in [-0.2, -0.15) is 0 Å². The molecule has 0 aromatic rings. The summed E-state index contributed by atoms with van der Waals surface area (Å²) >= 11 is 0. The van der Waals surface area contributed by atoms with E-state index >= 15 is 0 Å². The first-order chi connectivity index (χ1) is 52.4. The monoisotopic (exact) mass is 1990 g/mol. The summed E-state index contributed by atoms with van der Waals surface area (Å²) in [5.74, 6) is 0. The Labute approximate surface area is 801 Å². The Morgan fingerprint density at radius 3 is 0.254 bits per heavy atom. The van der Waals surface area contributed by atoms with Gasteiger partial charge in [-0.15, -0.1) is 0 Å². The third-order valence-corrected chi connectivity index (χ3v) is 29.7. The van der Waals surface area contributed by atoms with Crippen LogP contribution in [0.1, 0.15) is 395 Å². The number of hydrogen-bond donors (Lipinski definition) is 1. The van der Waals surface area contributed by atoms with Crippen LogP contribution in [-0.4, -0.2) is 197 Å². The molecule has 0 atom stereocenters. The van der Waals surface area contributed by atoms with Crippen molar-refractivity contribution in [3.8, 4) is 0 Å². The van der Waals surface area contributed by atoms with Gasteiger partial charge in [0.25, 0.3) is 0 Å². The lowest BCUT2D eigenvalue weighted by Gasteiger charge is -2.43. The van der Waals surface area contributed by atoms with Gasteiger partial charge in [0.15, 0.2) is 33.3 Å². The van der Waals surface area contributed by atoms with Crippen LogP contribution in [0.5, 0.6) is 0 Å². The van der Waals surface area contributed by atoms with E-state index < -0.39 is 108 Å². The van der Waals surface area contributed by atoms with Crippen molar-refractivity contribution < 1.29 is 88.9 Å². The predicted octanol–water partition coefficient (Wildman–Crippen LogP) is 31.4. The van der Waals surface area contributed by atoms with Gasteiger partial charge in [-0.3, -0.25) is 0 Å². The summed E-state index contributed by atoms with van der Waals surface area (Å²) < 4.78 is 113. The molecule has 0 unspecified atom stereocenters. The van der Waals surface area contributed by atoms with E-state index in [1.165, 1.54) is 0 Å². The van der Waals surface area contributed by atoms with E-state index in [-0.39, 0.29) is 84.0 Å². The van der Waals surface area contributed by atoms with Crippen molar-refractivity contribution >= 4 is 85.6 Å². The minimum atomic E-state index is -3.34. The maximum absolute atomic E-state index is 9.27. The largest absolute Gasteiger partial charge is 0.681 e. The molecule has 0 aromatic carbocycles. The van der Waals surface area contributed by atoms with Crippen LogP contribution in [0.25, 0.3) is 0 Å². The highest BCUT2D eigenvalue weighted by Gasteiger charge is 2.57. The van der Waals surface area contributed by atoms with Crippen molar-refractivity contribution in [1.82, 2.24) is 0 Å². The molecule has 126 heavy (non-hydrogen) atoms. The smallest absolute Gasteiger partial charge is 0.413 e. The maximum atomic E-state index is 9.27. The molecule has 0 saturated carbocycles. The minimum absolute atomic E-state index is 0.0461. The molecule has 0 fully saturated rings. The highest BCUT2D eigenvalue weighted by Crippen LogP contribution is 2.36. The standard InChI is InChI=1S/C16H36O4Si.2C13H30O3Si.2C10H24O2Si.4C7H18OSi.C6H16O2Si/c1-13(2,3)17-21(18-14(4,5)6,19-15(7,8)9)20-16(10,11)12;2*1-11(2,3)14-17(10,15-12(4,5)6)16-13(7,8)9;2*1-9(2,3)11-13(7,8)12-10(4,5)6;4*1-7(2,3)8-9(4,5)6;1-6(2,3)8-9(4,5)7/h1-12H3;2*1-10H3;2*1-8H3;4*1-6H3;7H,1-5H3. The van der Waals surface area contributed by atoms with Gasteiger partial charge >= 0.3 is 52.3 Å². The van der Waals surface area contributed by atoms with Crippen LogP contribution < -0.4 is 0 Å². The van der Waals surface area contributed by atoms with E-state index in [0.29, 0.717) is 0 Å². The second-order valence-corrected chi connectivity index (χ2v) is 90.7. The van der Waals surface area contributed by atoms with Gasteiger partial charge in [0.1, 0.15) is 0 Å². The summed E-state index contributed by atoms with van der Waals surface area (Å²) in [6.45, 7) is 158. The topological polar surface area (TPSA) is 196 Å². The average molecular weight is 1990 g/mol. The van der Waals surface area contributed by atoms with Crippen molar-refractivity contribution in [3.05, 3.63) is 0 Å². The number of rotatable bonds is 19. The van der Waals surface area contributed by atoms with Crippen LogP contribution in [0.2, 0.25) is 131 Å². The normalized spacial score (nSPS) is 14.7. The van der Waals surface area contributed by atoms with Gasteiger partial charge in [0, 0.05) is 35.5 Å². The van der Waals surface area contributed by atoms with Gasteiger partial charge in [-0.1, -0.05) is 0 Å². The molecule has 0 heterocycles. The Hall–Kier alpha value is 1.37. The second-order valence-electron chi connectivity index (χ2n) is 57.0. The van der Waals surface area contributed by atoms with Crippen molar-refractivity contribution in [3.63, 3.8) is 0 Å². The van der Waals surface area contributed by atoms with Crippen molar-refractivity contribution in [2.45, 2.75) is 632 Å². The summed E-state index contributed by atoms with van der Waals surface area (Å²) in [5, 5.41) is 0. The fraction of sp³-hybridized carbons (Fsp3) is 1.00. The number of hydrogen-bond acceptors (Lipinski definition) is 20. The van der Waals surface area contributed by atoms with Gasteiger partial charge < -0.3 is 88.9 Å². The Kier molecular flexibility index (Phi) is 61.6. The van der Waals surface area contributed by atoms with Gasteiger partial charge in [-0.25, -0.2) is 0 Å². The van der Waals surface area contributed by atoms with Crippen molar-refractivity contribution in [2.75, 3.05) is 0 Å². The molecule has 1 N–H and O–H groups in total. The van der Waals surface area contributed by atoms with E-state index in [4.69, 9.17) is 84.1 Å². The molecular weight excluding hydrogens is 1750 g/mol. The van der Waals surface area contributed by atoms with Crippen LogP contribution in [-0.2, 0) is 84.1 Å². The van der Waals surface area contributed by atoms with E-state index in [9.17, 15) is 4.80 Å². The van der Waals surface area contributed by atoms with Gasteiger partial charge in [0.05, 0.1) is 84.0 Å². The van der Waals surface area contributed by atoms with E-state index in [1.807, 2.05) is 242 Å². The van der Waals surface area contributed by atoms with Crippen LogP contribution in [0, 0.1) is 0 Å². The Bertz CT molecular complexity index is 2320. The highest BCUT2D eigenvalue weighted by molar-refractivity contribution is 6.71. The molecule has 0 aliphatic rings. The molecule has 0 spiro atoms. The lowest BCUT2D eigenvalue weighted by molar-refractivity contribution is -0.156. The average Bonchev–Trinajstić information content (AvgIpc) is 0.797. The molecule has 0 rings (SSSR count). The predicted molar refractivity (Wildman–Crippen MR) is 573 cm³/mol. The highest BCUT2D eigenvalue weighted by atomic mass is 28.4. The second kappa shape index (κ2) is 52.6. The molecule has 776 valence electrons. The molecule has 20 nitrogen and oxygen atoms in total. The van der Waals surface area contributed by atoms with Crippen molar-refractivity contribution in [2.24, 2.45) is 0 Å². The Balaban J connectivity index is -0.000000151. The first-order valence-electron chi connectivity index (χ1n) is 46.5. The van der Waals surface area contributed by atoms with E-state index in [2.05, 4.69) is 271 Å². The lowest BCUT2D eigenvalue weighted by Crippen LogP contribution is -2.61. The van der Waals surface area contributed by atoms with Crippen LogP contribution in [0.3, 0.4) is 0 Å². The maximum Gasteiger partial charge on any atom is 0.681 e. The first-order valence-corrected chi connectivity index (χ1v) is 74.7. The van der Waals surface area contributed by atoms with Crippen LogP contribution in [0.15, 0.2) is 0 Å². The summed E-state index contributed by atoms with van der Waals surface area (Å²) in [4.78, 5) is 9.27. The molecule has 0 aromatic heterocycles. The quantitative estimate of drug-likeness (QED) is 0.120. The fourth-order valence-corrected chi connectivity index (χ4v) is 37.5. The zero-order chi connectivity index (χ0) is 106. The molecule has 0 amide bonds. The van der Waals surface area contributed by atoms with Crippen LogP contribution >= 0.6 is 0 Å². The van der Waals surface area contributed by atoms with Gasteiger partial charge in [-0.05, 0) is 512 Å². The molecule has 0 aliphatic heterocycles. The third-order valence-electron chi connectivity index (χ3n) is 9.89. The molecule has 0 radical (unpaired) electrons. The van der Waals surface area contributed by atoms with Gasteiger partial charge in [0.2, 0.25) is 0 Å². The summed E-state index contributed by atoms with van der Waals surface area (Å²) in [5.41, 5.74) is -3.75. The Morgan fingerprint density at radius 1 is 0.119 bits per heavy atom. The molecule has 0 bridgehead atoms. The minimum Gasteiger partial charge on any atom is -0.413 e. The first kappa shape index (κ1) is 148.